The minimum absolute atomic E-state index is 0.0141. The number of hydrogen-bond acceptors (Lipinski definition) is 5. The lowest BCUT2D eigenvalue weighted by Crippen LogP contribution is -2.20. The molecule has 0 bridgehead atoms. The maximum absolute atomic E-state index is 12.5. The zero-order valence-electron chi connectivity index (χ0n) is 18.2. The summed E-state index contributed by atoms with van der Waals surface area (Å²) in [5.41, 5.74) is 2.50. The van der Waals surface area contributed by atoms with E-state index in [0.717, 1.165) is 5.56 Å². The maximum atomic E-state index is 12.5. The molecule has 0 fully saturated rings. The quantitative estimate of drug-likeness (QED) is 0.302. The Labute approximate surface area is 194 Å². The minimum atomic E-state index is -1.13. The zero-order chi connectivity index (χ0) is 24.1. The number of carbonyl (C=O) groups excluding carboxylic acids is 3. The molecule has 4 aromatic rings. The van der Waals surface area contributed by atoms with Crippen LogP contribution < -0.4 is 10.6 Å². The van der Waals surface area contributed by atoms with E-state index in [1.165, 1.54) is 4.57 Å². The Morgan fingerprint density at radius 2 is 1.59 bits per heavy atom. The number of nitrogens with zero attached hydrogens (tertiary/aromatic N) is 3. The summed E-state index contributed by atoms with van der Waals surface area (Å²) in [4.78, 5) is 36.9. The summed E-state index contributed by atoms with van der Waals surface area (Å²) in [6, 6.07) is 22.7. The average Bonchev–Trinajstić information content (AvgIpc) is 3.08. The molecule has 1 aromatic heterocycles. The molecule has 4 rings (SSSR count). The van der Waals surface area contributed by atoms with Crippen LogP contribution in [0.5, 0.6) is 5.88 Å². The number of anilines is 2. The van der Waals surface area contributed by atoms with E-state index in [4.69, 9.17) is 0 Å². The van der Waals surface area contributed by atoms with Crippen LogP contribution in [0.4, 0.5) is 17.1 Å². The molecule has 0 aliphatic carbocycles. The molecule has 0 saturated carbocycles. The second-order valence-electron chi connectivity index (χ2n) is 7.52. The van der Waals surface area contributed by atoms with Gasteiger partial charge in [-0.1, -0.05) is 48.5 Å². The molecular weight excluding hydrogens is 434 g/mol. The molecule has 0 atom stereocenters. The van der Waals surface area contributed by atoms with Crippen molar-refractivity contribution in [1.82, 2.24) is 4.57 Å². The Hall–Kier alpha value is -4.79. The van der Waals surface area contributed by atoms with Gasteiger partial charge < -0.3 is 20.3 Å². The Kier molecular flexibility index (Phi) is 6.45. The average molecular weight is 455 g/mol. The number of rotatable bonds is 5. The second-order valence-corrected chi connectivity index (χ2v) is 7.52. The van der Waals surface area contributed by atoms with E-state index in [9.17, 15) is 19.5 Å². The molecule has 3 N–H and O–H groups in total. The number of nitrogens with one attached hydrogen (secondary N) is 2. The molecule has 0 radical (unpaired) electrons. The van der Waals surface area contributed by atoms with Crippen LogP contribution in [-0.4, -0.2) is 27.4 Å². The monoisotopic (exact) mass is 455 g/mol. The number of aryl methyl sites for hydroxylation is 1. The fraction of sp³-hybridized carbons (Fsp3) is 0.0800. The fourth-order valence-electron chi connectivity index (χ4n) is 3.44. The highest BCUT2D eigenvalue weighted by Crippen LogP contribution is 2.38. The highest BCUT2D eigenvalue weighted by atomic mass is 16.3. The highest BCUT2D eigenvalue weighted by Gasteiger charge is 2.20. The van der Waals surface area contributed by atoms with Crippen LogP contribution in [0.15, 0.2) is 89.1 Å². The van der Waals surface area contributed by atoms with Crippen LogP contribution in [0.2, 0.25) is 0 Å². The number of aromatic hydroxyl groups is 1. The third kappa shape index (κ3) is 4.99. The van der Waals surface area contributed by atoms with E-state index in [-0.39, 0.29) is 24.0 Å². The molecule has 170 valence electrons. The third-order valence-electron chi connectivity index (χ3n) is 4.99. The molecule has 9 nitrogen and oxygen atoms in total. The summed E-state index contributed by atoms with van der Waals surface area (Å²) in [6.45, 7) is 1.66. The number of benzene rings is 3. The summed E-state index contributed by atoms with van der Waals surface area (Å²) >= 11 is 0. The standard InChI is InChI=1S/C25H21N5O4/c1-16-8-7-11-18(14-16)27-23(32)24(33)29-28-22-19-12-5-6-13-20(19)30(25(22)34)15-21(31)26-17-9-3-2-4-10-17/h2-14,34H,15H2,1H3,(H,26,31)(H,27,32). The molecule has 0 unspecified atom stereocenters. The molecule has 3 aromatic carbocycles. The van der Waals surface area contributed by atoms with E-state index in [2.05, 4.69) is 20.9 Å². The fourth-order valence-corrected chi connectivity index (χ4v) is 3.44. The number of aromatic nitrogens is 1. The van der Waals surface area contributed by atoms with Crippen molar-refractivity contribution in [3.05, 3.63) is 84.4 Å². The molecule has 0 saturated heterocycles. The van der Waals surface area contributed by atoms with Gasteiger partial charge in [0.05, 0.1) is 5.52 Å². The van der Waals surface area contributed by atoms with Crippen LogP contribution in [0.3, 0.4) is 0 Å². The number of fused-ring (bicyclic) bond motifs is 1. The zero-order valence-corrected chi connectivity index (χ0v) is 18.2. The largest absolute Gasteiger partial charge is 0.493 e. The summed E-state index contributed by atoms with van der Waals surface area (Å²) in [6.07, 6.45) is 0. The Balaban J connectivity index is 1.55. The van der Waals surface area contributed by atoms with Gasteiger partial charge in [-0.3, -0.25) is 14.4 Å². The lowest BCUT2D eigenvalue weighted by Gasteiger charge is -2.08. The van der Waals surface area contributed by atoms with Crippen LogP contribution in [0, 0.1) is 6.92 Å². The lowest BCUT2D eigenvalue weighted by molar-refractivity contribution is -0.134. The number of azo groups is 1. The number of hydrogen-bond donors (Lipinski definition) is 3. The first kappa shape index (κ1) is 22.4. The third-order valence-corrected chi connectivity index (χ3v) is 4.99. The van der Waals surface area contributed by atoms with E-state index in [0.29, 0.717) is 22.3 Å². The lowest BCUT2D eigenvalue weighted by atomic mass is 10.2. The van der Waals surface area contributed by atoms with Crippen LogP contribution >= 0.6 is 0 Å². The van der Waals surface area contributed by atoms with Crippen molar-refractivity contribution in [3.63, 3.8) is 0 Å². The van der Waals surface area contributed by atoms with Crippen molar-refractivity contribution in [3.8, 4) is 5.88 Å². The van der Waals surface area contributed by atoms with Crippen molar-refractivity contribution in [2.75, 3.05) is 10.6 Å². The Bertz CT molecular complexity index is 1410. The van der Waals surface area contributed by atoms with E-state index in [1.807, 2.05) is 19.1 Å². The van der Waals surface area contributed by atoms with Gasteiger partial charge in [-0.15, -0.1) is 10.2 Å². The summed E-state index contributed by atoms with van der Waals surface area (Å²) in [7, 11) is 0. The normalized spacial score (nSPS) is 11.0. The first-order valence-corrected chi connectivity index (χ1v) is 10.4. The second kappa shape index (κ2) is 9.78. The van der Waals surface area contributed by atoms with E-state index in [1.54, 1.807) is 66.7 Å². The molecule has 0 aliphatic heterocycles. The van der Waals surface area contributed by atoms with Gasteiger partial charge in [0, 0.05) is 16.8 Å². The van der Waals surface area contributed by atoms with E-state index < -0.39 is 11.8 Å². The highest BCUT2D eigenvalue weighted by molar-refractivity contribution is 6.40. The number of carbonyl (C=O) groups is 3. The predicted octanol–water partition coefficient (Wildman–Crippen LogP) is 4.54. The molecule has 1 heterocycles. The summed E-state index contributed by atoms with van der Waals surface area (Å²) < 4.78 is 1.36. The molecular formula is C25H21N5O4. The Morgan fingerprint density at radius 1 is 0.882 bits per heavy atom. The SMILES string of the molecule is Cc1cccc(NC(=O)C(=O)N=Nc2c(O)n(CC(=O)Nc3ccccc3)c3ccccc23)c1. The molecule has 34 heavy (non-hydrogen) atoms. The van der Waals surface area contributed by atoms with Crippen molar-refractivity contribution < 1.29 is 19.5 Å². The van der Waals surface area contributed by atoms with Gasteiger partial charge in [0.1, 0.15) is 6.54 Å². The molecule has 0 spiro atoms. The topological polar surface area (TPSA) is 125 Å². The van der Waals surface area contributed by atoms with Gasteiger partial charge in [-0.2, -0.15) is 0 Å². The minimum Gasteiger partial charge on any atom is -0.493 e. The van der Waals surface area contributed by atoms with Crippen LogP contribution in [-0.2, 0) is 20.9 Å². The van der Waals surface area contributed by atoms with Gasteiger partial charge in [0.15, 0.2) is 5.69 Å². The summed E-state index contributed by atoms with van der Waals surface area (Å²) in [5, 5.41) is 23.8. The smallest absolute Gasteiger partial charge is 0.353 e. The number of para-hydroxylation sites is 2. The van der Waals surface area contributed by atoms with Crippen LogP contribution in [0.1, 0.15) is 5.56 Å². The maximum Gasteiger partial charge on any atom is 0.353 e. The first-order valence-electron chi connectivity index (χ1n) is 10.4. The predicted molar refractivity (Wildman–Crippen MR) is 128 cm³/mol. The van der Waals surface area contributed by atoms with Gasteiger partial charge >= 0.3 is 11.8 Å². The first-order chi connectivity index (χ1) is 16.4. The van der Waals surface area contributed by atoms with Gasteiger partial charge in [0.2, 0.25) is 11.8 Å². The van der Waals surface area contributed by atoms with Crippen LogP contribution in [0.25, 0.3) is 10.9 Å². The van der Waals surface area contributed by atoms with Crippen molar-refractivity contribution >= 4 is 45.7 Å². The molecule has 3 amide bonds. The van der Waals surface area contributed by atoms with Gasteiger partial charge in [0.25, 0.3) is 0 Å². The molecule has 0 aliphatic rings. The van der Waals surface area contributed by atoms with Crippen molar-refractivity contribution in [1.29, 1.82) is 0 Å². The number of amides is 3. The van der Waals surface area contributed by atoms with E-state index >= 15 is 0 Å². The van der Waals surface area contributed by atoms with Crippen molar-refractivity contribution in [2.45, 2.75) is 13.5 Å². The van der Waals surface area contributed by atoms with Gasteiger partial charge in [-0.25, -0.2) is 0 Å². The Morgan fingerprint density at radius 3 is 2.35 bits per heavy atom. The molecule has 9 heteroatoms. The van der Waals surface area contributed by atoms with Crippen molar-refractivity contribution in [2.24, 2.45) is 10.2 Å². The summed E-state index contributed by atoms with van der Waals surface area (Å²) in [5.74, 6) is -2.79. The van der Waals surface area contributed by atoms with Gasteiger partial charge in [-0.05, 0) is 42.8 Å².